The first kappa shape index (κ1) is 20.1. The summed E-state index contributed by atoms with van der Waals surface area (Å²) >= 11 is 0. The molecule has 0 unspecified atom stereocenters. The van der Waals surface area contributed by atoms with Crippen molar-refractivity contribution in [3.8, 4) is 0 Å². The Balaban J connectivity index is 2.78. The number of nitrogens with zero attached hydrogens (tertiary/aromatic N) is 2. The van der Waals surface area contributed by atoms with Gasteiger partial charge in [0.25, 0.3) is 0 Å². The Labute approximate surface area is 142 Å². The maximum Gasteiger partial charge on any atom is 0.303 e. The van der Waals surface area contributed by atoms with E-state index >= 15 is 0 Å². The standard InChI is InChI=1S/C16H24N2O5S/c1-3-24(22,23)17(2)13-15(19)18(11-7-10-16(20)21)12-14-8-5-4-6-9-14/h4-6,8-9H,3,7,10-13H2,1-2H3,(H,20,21). The van der Waals surface area contributed by atoms with Gasteiger partial charge < -0.3 is 10.0 Å². The van der Waals surface area contributed by atoms with Gasteiger partial charge in [-0.25, -0.2) is 8.42 Å². The predicted octanol–water partition coefficient (Wildman–Crippen LogP) is 1.16. The molecule has 0 aliphatic heterocycles. The van der Waals surface area contributed by atoms with E-state index in [1.54, 1.807) is 0 Å². The quantitative estimate of drug-likeness (QED) is 0.679. The first-order chi connectivity index (χ1) is 11.3. The molecule has 0 spiro atoms. The third-order valence-electron chi connectivity index (χ3n) is 3.59. The Kier molecular flexibility index (Phi) is 7.87. The maximum absolute atomic E-state index is 12.5. The van der Waals surface area contributed by atoms with Crippen molar-refractivity contribution in [1.82, 2.24) is 9.21 Å². The summed E-state index contributed by atoms with van der Waals surface area (Å²) in [6.07, 6.45) is 0.278. The average Bonchev–Trinajstić information content (AvgIpc) is 2.54. The summed E-state index contributed by atoms with van der Waals surface area (Å²) in [6.45, 7) is 1.85. The van der Waals surface area contributed by atoms with Gasteiger partial charge in [0, 0.05) is 26.6 Å². The molecule has 7 nitrogen and oxygen atoms in total. The summed E-state index contributed by atoms with van der Waals surface area (Å²) in [5.74, 6) is -1.34. The predicted molar refractivity (Wildman–Crippen MR) is 90.8 cm³/mol. The molecule has 1 amide bonds. The number of aliphatic carboxylic acids is 1. The van der Waals surface area contributed by atoms with Crippen molar-refractivity contribution in [2.45, 2.75) is 26.3 Å². The van der Waals surface area contributed by atoms with E-state index in [1.165, 1.54) is 18.9 Å². The third kappa shape index (κ3) is 6.67. The van der Waals surface area contributed by atoms with Crippen molar-refractivity contribution < 1.29 is 23.1 Å². The van der Waals surface area contributed by atoms with Crippen LogP contribution in [0.3, 0.4) is 0 Å². The Morgan fingerprint density at radius 3 is 2.33 bits per heavy atom. The third-order valence-corrected chi connectivity index (χ3v) is 5.39. The van der Waals surface area contributed by atoms with E-state index < -0.39 is 16.0 Å². The average molecular weight is 356 g/mol. The number of sulfonamides is 1. The van der Waals surface area contributed by atoms with E-state index in [0.717, 1.165) is 9.87 Å². The number of rotatable bonds is 10. The zero-order valence-corrected chi connectivity index (χ0v) is 14.8. The van der Waals surface area contributed by atoms with Crippen molar-refractivity contribution in [2.75, 3.05) is 25.9 Å². The molecule has 0 atom stereocenters. The molecule has 8 heteroatoms. The van der Waals surface area contributed by atoms with Gasteiger partial charge in [-0.2, -0.15) is 4.31 Å². The Morgan fingerprint density at radius 1 is 1.17 bits per heavy atom. The molecule has 1 N–H and O–H groups in total. The Hall–Kier alpha value is -1.93. The van der Waals surface area contributed by atoms with Crippen LogP contribution in [-0.2, 0) is 26.2 Å². The molecule has 24 heavy (non-hydrogen) atoms. The fraction of sp³-hybridized carbons (Fsp3) is 0.500. The minimum absolute atomic E-state index is 0.0400. The first-order valence-corrected chi connectivity index (χ1v) is 9.34. The van der Waals surface area contributed by atoms with Crippen molar-refractivity contribution in [3.63, 3.8) is 0 Å². The summed E-state index contributed by atoms with van der Waals surface area (Å²) in [5.41, 5.74) is 0.905. The van der Waals surface area contributed by atoms with E-state index in [0.29, 0.717) is 13.0 Å². The molecule has 1 aromatic rings. The van der Waals surface area contributed by atoms with Crippen LogP contribution >= 0.6 is 0 Å². The lowest BCUT2D eigenvalue weighted by Crippen LogP contribution is -2.41. The van der Waals surface area contributed by atoms with Crippen LogP contribution in [0.25, 0.3) is 0 Å². The molecule has 1 aromatic carbocycles. The fourth-order valence-electron chi connectivity index (χ4n) is 2.13. The molecule has 0 radical (unpaired) electrons. The van der Waals surface area contributed by atoms with Crippen LogP contribution in [-0.4, -0.2) is 60.5 Å². The molecule has 0 aliphatic rings. The minimum Gasteiger partial charge on any atom is -0.481 e. The van der Waals surface area contributed by atoms with Crippen molar-refractivity contribution in [2.24, 2.45) is 0 Å². The molecule has 0 aliphatic carbocycles. The highest BCUT2D eigenvalue weighted by atomic mass is 32.2. The number of hydrogen-bond donors (Lipinski definition) is 1. The molecular weight excluding hydrogens is 332 g/mol. The Bertz CT molecular complexity index is 646. The molecule has 0 fully saturated rings. The second-order valence-corrected chi connectivity index (χ2v) is 7.82. The number of carboxylic acid groups (broad SMARTS) is 1. The van der Waals surface area contributed by atoms with E-state index in [1.807, 2.05) is 30.3 Å². The first-order valence-electron chi connectivity index (χ1n) is 7.73. The van der Waals surface area contributed by atoms with Gasteiger partial charge in [0.15, 0.2) is 0 Å². The van der Waals surface area contributed by atoms with Crippen LogP contribution in [0.2, 0.25) is 0 Å². The SMILES string of the molecule is CCS(=O)(=O)N(C)CC(=O)N(CCCC(=O)O)Cc1ccccc1. The van der Waals surface area contributed by atoms with Crippen LogP contribution in [0.4, 0.5) is 0 Å². The lowest BCUT2D eigenvalue weighted by Gasteiger charge is -2.25. The number of carbonyl (C=O) groups excluding carboxylic acids is 1. The second-order valence-electron chi connectivity index (χ2n) is 5.45. The number of carbonyl (C=O) groups is 2. The Morgan fingerprint density at radius 2 is 1.79 bits per heavy atom. The van der Waals surface area contributed by atoms with Crippen LogP contribution in [0.15, 0.2) is 30.3 Å². The zero-order chi connectivity index (χ0) is 18.2. The number of hydrogen-bond acceptors (Lipinski definition) is 4. The normalized spacial score (nSPS) is 11.5. The van der Waals surface area contributed by atoms with Gasteiger partial charge in [0.2, 0.25) is 15.9 Å². The van der Waals surface area contributed by atoms with Gasteiger partial charge in [0.05, 0.1) is 12.3 Å². The topological polar surface area (TPSA) is 95.0 Å². The summed E-state index contributed by atoms with van der Waals surface area (Å²) in [6, 6.07) is 9.29. The van der Waals surface area contributed by atoms with E-state index in [4.69, 9.17) is 5.11 Å². The summed E-state index contributed by atoms with van der Waals surface area (Å²) < 4.78 is 24.6. The number of amides is 1. The van der Waals surface area contributed by atoms with Gasteiger partial charge >= 0.3 is 5.97 Å². The highest BCUT2D eigenvalue weighted by Gasteiger charge is 2.22. The van der Waals surface area contributed by atoms with E-state index in [-0.39, 0.29) is 31.2 Å². The number of carboxylic acids is 1. The minimum atomic E-state index is -3.44. The lowest BCUT2D eigenvalue weighted by molar-refractivity contribution is -0.138. The van der Waals surface area contributed by atoms with Crippen LogP contribution in [0.5, 0.6) is 0 Å². The highest BCUT2D eigenvalue weighted by molar-refractivity contribution is 7.89. The van der Waals surface area contributed by atoms with E-state index in [9.17, 15) is 18.0 Å². The second kappa shape index (κ2) is 9.39. The highest BCUT2D eigenvalue weighted by Crippen LogP contribution is 2.08. The molecule has 0 saturated heterocycles. The summed E-state index contributed by atoms with van der Waals surface area (Å²) in [5, 5.41) is 8.75. The number of likely N-dealkylation sites (N-methyl/N-ethyl adjacent to an activating group) is 1. The molecule has 0 aromatic heterocycles. The van der Waals surface area contributed by atoms with Gasteiger partial charge in [-0.15, -0.1) is 0 Å². The zero-order valence-electron chi connectivity index (χ0n) is 14.0. The molecule has 0 saturated carbocycles. The monoisotopic (exact) mass is 356 g/mol. The number of benzene rings is 1. The van der Waals surface area contributed by atoms with Crippen molar-refractivity contribution in [1.29, 1.82) is 0 Å². The van der Waals surface area contributed by atoms with Crippen molar-refractivity contribution in [3.05, 3.63) is 35.9 Å². The van der Waals surface area contributed by atoms with Crippen LogP contribution in [0.1, 0.15) is 25.3 Å². The molecule has 0 heterocycles. The van der Waals surface area contributed by atoms with Gasteiger partial charge in [-0.1, -0.05) is 30.3 Å². The molecular formula is C16H24N2O5S. The van der Waals surface area contributed by atoms with Gasteiger partial charge in [-0.05, 0) is 18.9 Å². The smallest absolute Gasteiger partial charge is 0.303 e. The lowest BCUT2D eigenvalue weighted by atomic mass is 10.2. The summed E-state index contributed by atoms with van der Waals surface area (Å²) in [7, 11) is -2.07. The van der Waals surface area contributed by atoms with Gasteiger partial charge in [0.1, 0.15) is 0 Å². The largest absolute Gasteiger partial charge is 0.481 e. The van der Waals surface area contributed by atoms with Crippen molar-refractivity contribution >= 4 is 21.9 Å². The van der Waals surface area contributed by atoms with Crippen LogP contribution in [0, 0.1) is 0 Å². The molecule has 134 valence electrons. The van der Waals surface area contributed by atoms with E-state index in [2.05, 4.69) is 0 Å². The molecule has 0 bridgehead atoms. The molecule has 1 rings (SSSR count). The van der Waals surface area contributed by atoms with Gasteiger partial charge in [-0.3, -0.25) is 9.59 Å². The van der Waals surface area contributed by atoms with Crippen LogP contribution < -0.4 is 0 Å². The maximum atomic E-state index is 12.5. The summed E-state index contributed by atoms with van der Waals surface area (Å²) in [4.78, 5) is 24.6. The fourth-order valence-corrected chi connectivity index (χ4v) is 2.87.